The second-order valence-electron chi connectivity index (χ2n) is 5.78. The summed E-state index contributed by atoms with van der Waals surface area (Å²) in [5.41, 5.74) is 10.2. The van der Waals surface area contributed by atoms with Gasteiger partial charge < -0.3 is 0 Å². The van der Waals surface area contributed by atoms with Crippen LogP contribution in [0.25, 0.3) is 16.7 Å². The molecule has 0 N–H and O–H groups in total. The van der Waals surface area contributed by atoms with Gasteiger partial charge >= 0.3 is 0 Å². The molecule has 22 heavy (non-hydrogen) atoms. The smallest absolute Gasteiger partial charge is 0.0143 e. The molecule has 2 rings (SSSR count). The van der Waals surface area contributed by atoms with Crippen LogP contribution in [0.15, 0.2) is 61.7 Å². The summed E-state index contributed by atoms with van der Waals surface area (Å²) < 4.78 is 0. The summed E-state index contributed by atoms with van der Waals surface area (Å²) in [5.74, 6) is 0. The van der Waals surface area contributed by atoms with Gasteiger partial charge in [0, 0.05) is 0 Å². The van der Waals surface area contributed by atoms with E-state index in [9.17, 15) is 0 Å². The molecule has 0 atom stereocenters. The van der Waals surface area contributed by atoms with Crippen molar-refractivity contribution in [1.82, 2.24) is 0 Å². The molecule has 0 saturated heterocycles. The van der Waals surface area contributed by atoms with Gasteiger partial charge in [-0.1, -0.05) is 55.7 Å². The number of rotatable bonds is 4. The summed E-state index contributed by atoms with van der Waals surface area (Å²) in [4.78, 5) is 0. The predicted octanol–water partition coefficient (Wildman–Crippen LogP) is 6.34. The highest BCUT2D eigenvalue weighted by atomic mass is 14.2. The molecule has 0 heterocycles. The SMILES string of the molecule is C=C/C=C(\C=C)c1cc(C)c(C)c(-c2cccc(C)c2C)c1. The van der Waals surface area contributed by atoms with Crippen LogP contribution in [-0.4, -0.2) is 0 Å². The molecule has 112 valence electrons. The Kier molecular flexibility index (Phi) is 4.82. The van der Waals surface area contributed by atoms with E-state index in [1.54, 1.807) is 0 Å². The Morgan fingerprint density at radius 2 is 1.55 bits per heavy atom. The molecule has 2 aromatic rings. The Bertz CT molecular complexity index is 758. The Hall–Kier alpha value is -2.34. The molecule has 0 aliphatic carbocycles. The molecule has 0 radical (unpaired) electrons. The minimum Gasteiger partial charge on any atom is -0.0990 e. The quantitative estimate of drug-likeness (QED) is 0.576. The monoisotopic (exact) mass is 288 g/mol. The van der Waals surface area contributed by atoms with Crippen LogP contribution in [0, 0.1) is 27.7 Å². The van der Waals surface area contributed by atoms with Gasteiger partial charge in [0.25, 0.3) is 0 Å². The van der Waals surface area contributed by atoms with Crippen molar-refractivity contribution in [1.29, 1.82) is 0 Å². The second kappa shape index (κ2) is 6.62. The largest absolute Gasteiger partial charge is 0.0990 e. The minimum atomic E-state index is 1.10. The topological polar surface area (TPSA) is 0 Å². The van der Waals surface area contributed by atoms with Gasteiger partial charge in [-0.05, 0) is 78.3 Å². The van der Waals surface area contributed by atoms with Crippen LogP contribution >= 0.6 is 0 Å². The maximum absolute atomic E-state index is 3.93. The molecule has 0 heteroatoms. The normalized spacial score (nSPS) is 11.4. The number of hydrogen-bond donors (Lipinski definition) is 0. The molecule has 0 nitrogen and oxygen atoms in total. The molecule has 0 aliphatic rings. The highest BCUT2D eigenvalue weighted by Crippen LogP contribution is 2.33. The maximum Gasteiger partial charge on any atom is -0.0143 e. The van der Waals surface area contributed by atoms with Gasteiger partial charge in [-0.25, -0.2) is 0 Å². The van der Waals surface area contributed by atoms with Gasteiger partial charge in [0.1, 0.15) is 0 Å². The van der Waals surface area contributed by atoms with Gasteiger partial charge in [0.15, 0.2) is 0 Å². The lowest BCUT2D eigenvalue weighted by Crippen LogP contribution is -1.95. The highest BCUT2D eigenvalue weighted by Gasteiger charge is 2.11. The molecule has 0 aliphatic heterocycles. The zero-order valence-corrected chi connectivity index (χ0v) is 14.0. The first-order chi connectivity index (χ1) is 10.5. The number of hydrogen-bond acceptors (Lipinski definition) is 0. The fourth-order valence-electron chi connectivity index (χ4n) is 2.76. The Balaban J connectivity index is 2.74. The second-order valence-corrected chi connectivity index (χ2v) is 5.78. The lowest BCUT2D eigenvalue weighted by Gasteiger charge is -2.16. The molecule has 0 unspecified atom stereocenters. The number of benzene rings is 2. The molecule has 0 aromatic heterocycles. The van der Waals surface area contributed by atoms with Crippen LogP contribution in [0.1, 0.15) is 27.8 Å². The van der Waals surface area contributed by atoms with E-state index in [1.807, 2.05) is 18.2 Å². The average Bonchev–Trinajstić information content (AvgIpc) is 2.50. The number of allylic oxidation sites excluding steroid dienone is 4. The predicted molar refractivity (Wildman–Crippen MR) is 99.2 cm³/mol. The minimum absolute atomic E-state index is 1.10. The Morgan fingerprint density at radius 3 is 2.18 bits per heavy atom. The van der Waals surface area contributed by atoms with Crippen LogP contribution in [0.3, 0.4) is 0 Å². The zero-order chi connectivity index (χ0) is 16.3. The van der Waals surface area contributed by atoms with Crippen molar-refractivity contribution in [3.05, 3.63) is 89.5 Å². The highest BCUT2D eigenvalue weighted by molar-refractivity contribution is 5.81. The third-order valence-electron chi connectivity index (χ3n) is 4.41. The van der Waals surface area contributed by atoms with Crippen LogP contribution in [-0.2, 0) is 0 Å². The fraction of sp³-hybridized carbons (Fsp3) is 0.182. The van der Waals surface area contributed by atoms with E-state index in [-0.39, 0.29) is 0 Å². The van der Waals surface area contributed by atoms with Crippen molar-refractivity contribution in [3.63, 3.8) is 0 Å². The fourth-order valence-corrected chi connectivity index (χ4v) is 2.76. The first-order valence-electron chi connectivity index (χ1n) is 7.63. The van der Waals surface area contributed by atoms with Gasteiger partial charge in [-0.3, -0.25) is 0 Å². The van der Waals surface area contributed by atoms with E-state index in [4.69, 9.17) is 0 Å². The van der Waals surface area contributed by atoms with Crippen LogP contribution in [0.2, 0.25) is 0 Å². The Morgan fingerprint density at radius 1 is 0.864 bits per heavy atom. The standard InChI is InChI=1S/C22H24/c1-7-10-19(8-2)20-13-16(4)18(6)22(14-20)21-12-9-11-15(3)17(21)5/h7-14H,1-2H2,3-6H3/b19-10+. The summed E-state index contributed by atoms with van der Waals surface area (Å²) in [6, 6.07) is 11.0. The molecule has 0 spiro atoms. The Labute approximate surface area is 134 Å². The lowest BCUT2D eigenvalue weighted by atomic mass is 9.89. The summed E-state index contributed by atoms with van der Waals surface area (Å²) in [5, 5.41) is 0. The first kappa shape index (κ1) is 16.0. The van der Waals surface area contributed by atoms with Crippen LogP contribution in [0.4, 0.5) is 0 Å². The van der Waals surface area contributed by atoms with Crippen molar-refractivity contribution >= 4 is 5.57 Å². The van der Waals surface area contributed by atoms with Crippen LogP contribution in [0.5, 0.6) is 0 Å². The van der Waals surface area contributed by atoms with Crippen molar-refractivity contribution in [2.45, 2.75) is 27.7 Å². The zero-order valence-electron chi connectivity index (χ0n) is 14.0. The third kappa shape index (κ3) is 2.96. The molecule has 0 fully saturated rings. The van der Waals surface area contributed by atoms with E-state index in [0.717, 1.165) is 5.57 Å². The van der Waals surface area contributed by atoms with Crippen molar-refractivity contribution < 1.29 is 0 Å². The first-order valence-corrected chi connectivity index (χ1v) is 7.63. The van der Waals surface area contributed by atoms with E-state index >= 15 is 0 Å². The number of aryl methyl sites for hydroxylation is 2. The third-order valence-corrected chi connectivity index (χ3v) is 4.41. The summed E-state index contributed by atoms with van der Waals surface area (Å²) in [6.07, 6.45) is 5.70. The van der Waals surface area contributed by atoms with Gasteiger partial charge in [-0.15, -0.1) is 0 Å². The van der Waals surface area contributed by atoms with Crippen LogP contribution < -0.4 is 0 Å². The van der Waals surface area contributed by atoms with Crippen molar-refractivity contribution in [2.24, 2.45) is 0 Å². The van der Waals surface area contributed by atoms with Gasteiger partial charge in [0.05, 0.1) is 0 Å². The van der Waals surface area contributed by atoms with E-state index in [0.29, 0.717) is 0 Å². The van der Waals surface area contributed by atoms with E-state index in [1.165, 1.54) is 38.9 Å². The van der Waals surface area contributed by atoms with Gasteiger partial charge in [0.2, 0.25) is 0 Å². The molecule has 2 aromatic carbocycles. The van der Waals surface area contributed by atoms with Crippen molar-refractivity contribution in [3.8, 4) is 11.1 Å². The van der Waals surface area contributed by atoms with Crippen molar-refractivity contribution in [2.75, 3.05) is 0 Å². The summed E-state index contributed by atoms with van der Waals surface area (Å²) in [6.45, 7) is 16.4. The van der Waals surface area contributed by atoms with E-state index in [2.05, 4.69) is 71.2 Å². The molecule has 0 bridgehead atoms. The average molecular weight is 288 g/mol. The summed E-state index contributed by atoms with van der Waals surface area (Å²) in [7, 11) is 0. The maximum atomic E-state index is 3.93. The molecular weight excluding hydrogens is 264 g/mol. The summed E-state index contributed by atoms with van der Waals surface area (Å²) >= 11 is 0. The molecule has 0 saturated carbocycles. The molecular formula is C22H24. The lowest BCUT2D eigenvalue weighted by molar-refractivity contribution is 1.29. The van der Waals surface area contributed by atoms with Gasteiger partial charge in [-0.2, -0.15) is 0 Å². The molecule has 0 amide bonds. The van der Waals surface area contributed by atoms with E-state index < -0.39 is 0 Å².